The van der Waals surface area contributed by atoms with Crippen LogP contribution >= 0.6 is 0 Å². The molecule has 0 saturated carbocycles. The lowest BCUT2D eigenvalue weighted by Crippen LogP contribution is -2.33. The Labute approximate surface area is 166 Å². The third-order valence-corrected chi connectivity index (χ3v) is 4.65. The second-order valence-corrected chi connectivity index (χ2v) is 6.95. The van der Waals surface area contributed by atoms with Gasteiger partial charge < -0.3 is 19.8 Å². The fourth-order valence-corrected chi connectivity index (χ4v) is 3.20. The Morgan fingerprint density at radius 1 is 1.14 bits per heavy atom. The number of guanidine groups is 1. The molecule has 0 unspecified atom stereocenters. The van der Waals surface area contributed by atoms with Crippen molar-refractivity contribution in [2.24, 2.45) is 10.7 Å². The molecule has 2 aromatic carbocycles. The van der Waals surface area contributed by atoms with Gasteiger partial charge in [0, 0.05) is 18.5 Å². The topological polar surface area (TPSA) is 67.2 Å². The molecule has 0 fully saturated rings. The SMILES string of the molecule is CN=C(N)N(c1cc2ccccc2o1)c1cc(CCCN(C)C)ccc1OC. The summed E-state index contributed by atoms with van der Waals surface area (Å²) >= 11 is 0. The van der Waals surface area contributed by atoms with Crippen molar-refractivity contribution >= 4 is 28.5 Å². The van der Waals surface area contributed by atoms with E-state index in [0.717, 1.165) is 36.0 Å². The Morgan fingerprint density at radius 3 is 2.61 bits per heavy atom. The number of hydrogen-bond acceptors (Lipinski definition) is 4. The summed E-state index contributed by atoms with van der Waals surface area (Å²) in [5.41, 5.74) is 9.09. The molecule has 0 radical (unpaired) electrons. The Bertz CT molecular complexity index is 929. The summed E-state index contributed by atoms with van der Waals surface area (Å²) in [7, 11) is 7.49. The number of furan rings is 1. The summed E-state index contributed by atoms with van der Waals surface area (Å²) in [5, 5.41) is 1.01. The largest absolute Gasteiger partial charge is 0.495 e. The van der Waals surface area contributed by atoms with E-state index in [-0.39, 0.29) is 0 Å². The Balaban J connectivity index is 2.03. The highest BCUT2D eigenvalue weighted by molar-refractivity contribution is 6.03. The fraction of sp³-hybridized carbons (Fsp3) is 0.318. The van der Waals surface area contributed by atoms with Gasteiger partial charge >= 0.3 is 0 Å². The molecule has 148 valence electrons. The van der Waals surface area contributed by atoms with Crippen molar-refractivity contribution in [2.45, 2.75) is 12.8 Å². The van der Waals surface area contributed by atoms with E-state index >= 15 is 0 Å². The number of nitrogens with two attached hydrogens (primary N) is 1. The summed E-state index contributed by atoms with van der Waals surface area (Å²) < 4.78 is 11.7. The van der Waals surface area contributed by atoms with Crippen molar-refractivity contribution in [1.82, 2.24) is 4.90 Å². The van der Waals surface area contributed by atoms with E-state index in [4.69, 9.17) is 14.9 Å². The second-order valence-electron chi connectivity index (χ2n) is 6.95. The zero-order valence-corrected chi connectivity index (χ0v) is 17.0. The van der Waals surface area contributed by atoms with E-state index in [2.05, 4.69) is 36.1 Å². The number of fused-ring (bicyclic) bond motifs is 1. The molecular formula is C22H28N4O2. The zero-order chi connectivity index (χ0) is 20.1. The van der Waals surface area contributed by atoms with Crippen molar-refractivity contribution in [3.05, 3.63) is 54.1 Å². The van der Waals surface area contributed by atoms with E-state index in [1.54, 1.807) is 19.1 Å². The molecule has 0 aliphatic rings. The Morgan fingerprint density at radius 2 is 1.93 bits per heavy atom. The lowest BCUT2D eigenvalue weighted by Gasteiger charge is -2.23. The third kappa shape index (κ3) is 4.28. The van der Waals surface area contributed by atoms with Gasteiger partial charge in [-0.3, -0.25) is 4.99 Å². The Hall–Kier alpha value is -2.99. The summed E-state index contributed by atoms with van der Waals surface area (Å²) in [6, 6.07) is 16.0. The predicted octanol–water partition coefficient (Wildman–Crippen LogP) is 4.02. The van der Waals surface area contributed by atoms with E-state index < -0.39 is 0 Å². The van der Waals surface area contributed by atoms with Crippen LogP contribution in [0.5, 0.6) is 5.75 Å². The van der Waals surface area contributed by atoms with Crippen LogP contribution < -0.4 is 15.4 Å². The van der Waals surface area contributed by atoms with Crippen molar-refractivity contribution < 1.29 is 9.15 Å². The first kappa shape index (κ1) is 19.8. The standard InChI is InChI=1S/C22H28N4O2/c1-24-22(23)26(21-15-17-9-5-6-10-19(17)28-21)18-14-16(8-7-13-25(2)3)11-12-20(18)27-4/h5-6,9-12,14-15H,7-8,13H2,1-4H3,(H2,23,24). The first-order valence-corrected chi connectivity index (χ1v) is 9.36. The van der Waals surface area contributed by atoms with E-state index in [0.29, 0.717) is 17.6 Å². The van der Waals surface area contributed by atoms with Gasteiger partial charge in [0.1, 0.15) is 11.3 Å². The normalized spacial score (nSPS) is 12.0. The highest BCUT2D eigenvalue weighted by Gasteiger charge is 2.22. The first-order valence-electron chi connectivity index (χ1n) is 9.36. The number of aliphatic imine (C=N–C) groups is 1. The van der Waals surface area contributed by atoms with E-state index in [1.165, 1.54) is 5.56 Å². The van der Waals surface area contributed by atoms with Gasteiger partial charge in [-0.15, -0.1) is 0 Å². The second kappa shape index (κ2) is 8.80. The van der Waals surface area contributed by atoms with Gasteiger partial charge in [0.2, 0.25) is 11.8 Å². The molecule has 6 nitrogen and oxygen atoms in total. The minimum absolute atomic E-state index is 0.336. The van der Waals surface area contributed by atoms with E-state index in [9.17, 15) is 0 Å². The maximum atomic E-state index is 6.27. The molecule has 2 N–H and O–H groups in total. The molecule has 0 aliphatic carbocycles. The molecule has 0 bridgehead atoms. The molecule has 0 saturated heterocycles. The van der Waals surface area contributed by atoms with Crippen LogP contribution in [0, 0.1) is 0 Å². The molecule has 3 rings (SSSR count). The number of aryl methyl sites for hydroxylation is 1. The van der Waals surface area contributed by atoms with Crippen LogP contribution in [-0.4, -0.2) is 45.7 Å². The minimum Gasteiger partial charge on any atom is -0.495 e. The Kier molecular flexibility index (Phi) is 6.21. The number of methoxy groups -OCH3 is 1. The van der Waals surface area contributed by atoms with Gasteiger partial charge in [0.05, 0.1) is 12.8 Å². The summed E-state index contributed by atoms with van der Waals surface area (Å²) in [6.07, 6.45) is 2.03. The van der Waals surface area contributed by atoms with Crippen LogP contribution in [0.25, 0.3) is 11.0 Å². The smallest absolute Gasteiger partial charge is 0.208 e. The summed E-state index contributed by atoms with van der Waals surface area (Å²) in [4.78, 5) is 8.19. The number of benzene rings is 2. The number of para-hydroxylation sites is 1. The number of ether oxygens (including phenoxy) is 1. The number of anilines is 2. The number of hydrogen-bond donors (Lipinski definition) is 1. The van der Waals surface area contributed by atoms with Crippen LogP contribution in [0.1, 0.15) is 12.0 Å². The lowest BCUT2D eigenvalue weighted by atomic mass is 10.1. The first-order chi connectivity index (χ1) is 13.5. The molecule has 3 aromatic rings. The molecule has 0 amide bonds. The monoisotopic (exact) mass is 380 g/mol. The minimum atomic E-state index is 0.336. The van der Waals surface area contributed by atoms with E-state index in [1.807, 2.05) is 36.4 Å². The van der Waals surface area contributed by atoms with Gasteiger partial charge in [-0.2, -0.15) is 0 Å². The molecule has 0 aliphatic heterocycles. The fourth-order valence-electron chi connectivity index (χ4n) is 3.20. The summed E-state index contributed by atoms with van der Waals surface area (Å²) in [5.74, 6) is 1.65. The predicted molar refractivity (Wildman–Crippen MR) is 116 cm³/mol. The van der Waals surface area contributed by atoms with Crippen LogP contribution in [0.2, 0.25) is 0 Å². The molecule has 1 aromatic heterocycles. The van der Waals surface area contributed by atoms with Crippen LogP contribution in [0.15, 0.2) is 57.9 Å². The van der Waals surface area contributed by atoms with Crippen molar-refractivity contribution in [2.75, 3.05) is 39.7 Å². The van der Waals surface area contributed by atoms with Gasteiger partial charge in [-0.25, -0.2) is 4.90 Å². The summed E-state index contributed by atoms with van der Waals surface area (Å²) in [6.45, 7) is 1.03. The van der Waals surface area contributed by atoms with Crippen molar-refractivity contribution in [3.63, 3.8) is 0 Å². The number of rotatable bonds is 7. The molecular weight excluding hydrogens is 352 g/mol. The van der Waals surface area contributed by atoms with Gasteiger partial charge in [-0.1, -0.05) is 24.3 Å². The number of nitrogens with zero attached hydrogens (tertiary/aromatic N) is 3. The van der Waals surface area contributed by atoms with Crippen LogP contribution in [0.4, 0.5) is 11.6 Å². The molecule has 1 heterocycles. The van der Waals surface area contributed by atoms with Crippen molar-refractivity contribution in [3.8, 4) is 5.75 Å². The van der Waals surface area contributed by atoms with Crippen LogP contribution in [-0.2, 0) is 6.42 Å². The average Bonchev–Trinajstić information content (AvgIpc) is 3.11. The zero-order valence-electron chi connectivity index (χ0n) is 17.0. The molecule has 6 heteroatoms. The molecule has 28 heavy (non-hydrogen) atoms. The lowest BCUT2D eigenvalue weighted by molar-refractivity contribution is 0.400. The van der Waals surface area contributed by atoms with Gasteiger partial charge in [0.25, 0.3) is 0 Å². The van der Waals surface area contributed by atoms with Crippen LogP contribution in [0.3, 0.4) is 0 Å². The van der Waals surface area contributed by atoms with Gasteiger partial charge in [0.15, 0.2) is 0 Å². The van der Waals surface area contributed by atoms with Gasteiger partial charge in [-0.05, 0) is 57.2 Å². The maximum Gasteiger partial charge on any atom is 0.208 e. The average molecular weight is 380 g/mol. The molecule has 0 spiro atoms. The highest BCUT2D eigenvalue weighted by Crippen LogP contribution is 2.37. The highest BCUT2D eigenvalue weighted by atomic mass is 16.5. The quantitative estimate of drug-likeness (QED) is 0.495. The third-order valence-electron chi connectivity index (χ3n) is 4.65. The van der Waals surface area contributed by atoms with Crippen molar-refractivity contribution in [1.29, 1.82) is 0 Å². The molecule has 0 atom stereocenters. The maximum absolute atomic E-state index is 6.27.